The summed E-state index contributed by atoms with van der Waals surface area (Å²) < 4.78 is 5.91. The Balaban J connectivity index is 1.75. The minimum Gasteiger partial charge on any atom is -0.480 e. The Morgan fingerprint density at radius 3 is 2.75 bits per heavy atom. The molecule has 1 aromatic rings. The van der Waals surface area contributed by atoms with Gasteiger partial charge in [0.1, 0.15) is 11.6 Å². The molecule has 1 aliphatic heterocycles. The van der Waals surface area contributed by atoms with Gasteiger partial charge >= 0.3 is 5.97 Å². The molecule has 2 fully saturated rings. The third-order valence-electron chi connectivity index (χ3n) is 5.17. The predicted octanol–water partition coefficient (Wildman–Crippen LogP) is 2.87. The van der Waals surface area contributed by atoms with Crippen LogP contribution in [0.15, 0.2) is 18.3 Å². The molecule has 3 rings (SSSR count). The summed E-state index contributed by atoms with van der Waals surface area (Å²) in [6.07, 6.45) is 8.49. The topological polar surface area (TPSA) is 79.7 Å². The van der Waals surface area contributed by atoms with Crippen LogP contribution in [0.5, 0.6) is 5.88 Å². The monoisotopic (exact) mass is 332 g/mol. The second-order valence-corrected chi connectivity index (χ2v) is 6.90. The molecule has 0 radical (unpaired) electrons. The second kappa shape index (κ2) is 6.79. The van der Waals surface area contributed by atoms with E-state index >= 15 is 0 Å². The Morgan fingerprint density at radius 1 is 1.29 bits per heavy atom. The molecule has 2 heterocycles. The zero-order chi connectivity index (χ0) is 17.2. The van der Waals surface area contributed by atoms with Gasteiger partial charge < -0.3 is 14.7 Å². The number of hydrogen-bond donors (Lipinski definition) is 1. The highest BCUT2D eigenvalue weighted by Crippen LogP contribution is 2.31. The van der Waals surface area contributed by atoms with Gasteiger partial charge in [0.2, 0.25) is 5.88 Å². The van der Waals surface area contributed by atoms with Gasteiger partial charge in [-0.2, -0.15) is 0 Å². The number of pyridine rings is 1. The van der Waals surface area contributed by atoms with Crippen LogP contribution in [-0.2, 0) is 4.79 Å². The van der Waals surface area contributed by atoms with Crippen LogP contribution in [0.1, 0.15) is 62.2 Å². The number of hydrogen-bond acceptors (Lipinski definition) is 4. The molecule has 130 valence electrons. The summed E-state index contributed by atoms with van der Waals surface area (Å²) >= 11 is 0. The quantitative estimate of drug-likeness (QED) is 0.917. The van der Waals surface area contributed by atoms with Crippen molar-refractivity contribution in [3.8, 4) is 5.88 Å². The van der Waals surface area contributed by atoms with Crippen molar-refractivity contribution in [2.24, 2.45) is 0 Å². The van der Waals surface area contributed by atoms with E-state index < -0.39 is 11.5 Å². The third-order valence-corrected chi connectivity index (χ3v) is 5.17. The third kappa shape index (κ3) is 3.23. The van der Waals surface area contributed by atoms with Crippen molar-refractivity contribution >= 4 is 11.9 Å². The normalized spacial score (nSPS) is 24.8. The Hall–Kier alpha value is -2.11. The zero-order valence-electron chi connectivity index (χ0n) is 14.0. The molecule has 6 heteroatoms. The summed E-state index contributed by atoms with van der Waals surface area (Å²) in [4.78, 5) is 30.0. The number of amides is 1. The van der Waals surface area contributed by atoms with Crippen LogP contribution in [-0.4, -0.2) is 45.1 Å². The molecule has 2 aliphatic rings. The van der Waals surface area contributed by atoms with Gasteiger partial charge in [0.25, 0.3) is 5.91 Å². The van der Waals surface area contributed by atoms with E-state index in [1.807, 2.05) is 0 Å². The highest BCUT2D eigenvalue weighted by molar-refractivity contribution is 5.98. The Morgan fingerprint density at radius 2 is 2.04 bits per heavy atom. The summed E-state index contributed by atoms with van der Waals surface area (Å²) in [7, 11) is 0. The number of rotatable bonds is 4. The van der Waals surface area contributed by atoms with Gasteiger partial charge in [-0.25, -0.2) is 9.78 Å². The fourth-order valence-electron chi connectivity index (χ4n) is 3.63. The number of aromatic nitrogens is 1. The van der Waals surface area contributed by atoms with Crippen molar-refractivity contribution in [2.75, 3.05) is 6.54 Å². The Bertz CT molecular complexity index is 627. The van der Waals surface area contributed by atoms with Crippen molar-refractivity contribution in [3.05, 3.63) is 23.9 Å². The van der Waals surface area contributed by atoms with Gasteiger partial charge in [-0.05, 0) is 51.5 Å². The molecule has 1 amide bonds. The van der Waals surface area contributed by atoms with Gasteiger partial charge in [0.05, 0.1) is 0 Å². The van der Waals surface area contributed by atoms with Crippen LogP contribution < -0.4 is 4.74 Å². The Labute approximate surface area is 141 Å². The van der Waals surface area contributed by atoms with Crippen molar-refractivity contribution in [1.82, 2.24) is 9.88 Å². The lowest BCUT2D eigenvalue weighted by Gasteiger charge is -2.31. The van der Waals surface area contributed by atoms with E-state index in [0.717, 1.165) is 25.7 Å². The van der Waals surface area contributed by atoms with Crippen LogP contribution in [0.3, 0.4) is 0 Å². The zero-order valence-corrected chi connectivity index (χ0v) is 14.0. The number of aliphatic carboxylic acids is 1. The molecule has 1 aliphatic carbocycles. The van der Waals surface area contributed by atoms with E-state index in [1.54, 1.807) is 25.3 Å². The van der Waals surface area contributed by atoms with Gasteiger partial charge in [0, 0.05) is 24.4 Å². The van der Waals surface area contributed by atoms with Crippen molar-refractivity contribution < 1.29 is 19.4 Å². The van der Waals surface area contributed by atoms with Crippen molar-refractivity contribution in [2.45, 2.75) is 63.5 Å². The molecule has 1 N–H and O–H groups in total. The summed E-state index contributed by atoms with van der Waals surface area (Å²) in [6.45, 7) is 2.07. The van der Waals surface area contributed by atoms with Crippen LogP contribution >= 0.6 is 0 Å². The molecular formula is C18H24N2O4. The lowest BCUT2D eigenvalue weighted by Crippen LogP contribution is -2.50. The van der Waals surface area contributed by atoms with E-state index in [4.69, 9.17) is 4.74 Å². The average Bonchev–Trinajstić information content (AvgIpc) is 2.99. The molecule has 0 spiro atoms. The molecule has 0 aromatic carbocycles. The summed E-state index contributed by atoms with van der Waals surface area (Å²) in [6, 6.07) is 3.26. The SMILES string of the molecule is CC1(C(=O)O)CCCN1C(=O)c1ccnc(OC2CCCCC2)c1. The first kappa shape index (κ1) is 16.7. The van der Waals surface area contributed by atoms with Crippen molar-refractivity contribution in [1.29, 1.82) is 0 Å². The summed E-state index contributed by atoms with van der Waals surface area (Å²) in [5.41, 5.74) is -0.699. The van der Waals surface area contributed by atoms with Crippen molar-refractivity contribution in [3.63, 3.8) is 0 Å². The maximum absolute atomic E-state index is 12.8. The molecule has 1 saturated heterocycles. The van der Waals surface area contributed by atoms with Gasteiger partial charge in [-0.3, -0.25) is 4.79 Å². The van der Waals surface area contributed by atoms with Crippen LogP contribution in [0.4, 0.5) is 0 Å². The standard InChI is InChI=1S/C18H24N2O4/c1-18(17(22)23)9-5-11-20(18)16(21)13-8-10-19-15(12-13)24-14-6-3-2-4-7-14/h8,10,12,14H,2-7,9,11H2,1H3,(H,22,23). The smallest absolute Gasteiger partial charge is 0.329 e. The number of carboxylic acid groups (broad SMARTS) is 1. The van der Waals surface area contributed by atoms with Crippen LogP contribution in [0.25, 0.3) is 0 Å². The number of nitrogens with zero attached hydrogens (tertiary/aromatic N) is 2. The minimum absolute atomic E-state index is 0.160. The molecule has 1 aromatic heterocycles. The number of carboxylic acids is 1. The lowest BCUT2D eigenvalue weighted by molar-refractivity contribution is -0.147. The van der Waals surface area contributed by atoms with E-state index in [2.05, 4.69) is 4.98 Å². The van der Waals surface area contributed by atoms with E-state index in [9.17, 15) is 14.7 Å². The average molecular weight is 332 g/mol. The summed E-state index contributed by atoms with van der Waals surface area (Å²) in [5.74, 6) is -0.779. The maximum atomic E-state index is 12.8. The molecular weight excluding hydrogens is 308 g/mol. The van der Waals surface area contributed by atoms with E-state index in [0.29, 0.717) is 30.8 Å². The fraction of sp³-hybridized carbons (Fsp3) is 0.611. The molecule has 1 saturated carbocycles. The largest absolute Gasteiger partial charge is 0.480 e. The number of likely N-dealkylation sites (tertiary alicyclic amines) is 1. The lowest BCUT2D eigenvalue weighted by atomic mass is 9.98. The molecule has 24 heavy (non-hydrogen) atoms. The molecule has 0 bridgehead atoms. The number of carbonyl (C=O) groups excluding carboxylic acids is 1. The minimum atomic E-state index is -1.13. The molecule has 6 nitrogen and oxygen atoms in total. The van der Waals surface area contributed by atoms with Gasteiger partial charge in [-0.15, -0.1) is 0 Å². The first-order chi connectivity index (χ1) is 11.5. The summed E-state index contributed by atoms with van der Waals surface area (Å²) in [5, 5.41) is 9.48. The maximum Gasteiger partial charge on any atom is 0.329 e. The number of carbonyl (C=O) groups is 2. The first-order valence-corrected chi connectivity index (χ1v) is 8.69. The Kier molecular flexibility index (Phi) is 4.73. The highest BCUT2D eigenvalue weighted by atomic mass is 16.5. The highest BCUT2D eigenvalue weighted by Gasteiger charge is 2.46. The molecule has 1 unspecified atom stereocenters. The predicted molar refractivity (Wildman–Crippen MR) is 88.0 cm³/mol. The second-order valence-electron chi connectivity index (χ2n) is 6.90. The number of ether oxygens (including phenoxy) is 1. The van der Waals surface area contributed by atoms with Gasteiger partial charge in [-0.1, -0.05) is 6.42 Å². The first-order valence-electron chi connectivity index (χ1n) is 8.69. The van der Waals surface area contributed by atoms with E-state index in [-0.39, 0.29) is 12.0 Å². The van der Waals surface area contributed by atoms with E-state index in [1.165, 1.54) is 11.3 Å². The van der Waals surface area contributed by atoms with Crippen LogP contribution in [0.2, 0.25) is 0 Å². The molecule has 1 atom stereocenters. The van der Waals surface area contributed by atoms with Gasteiger partial charge in [0.15, 0.2) is 0 Å². The fourth-order valence-corrected chi connectivity index (χ4v) is 3.63. The van der Waals surface area contributed by atoms with Crippen LogP contribution in [0, 0.1) is 0 Å².